The average molecular weight is 246 g/mol. The summed E-state index contributed by atoms with van der Waals surface area (Å²) in [6.07, 6.45) is 4.23. The van der Waals surface area contributed by atoms with E-state index in [-0.39, 0.29) is 17.3 Å². The van der Waals surface area contributed by atoms with Gasteiger partial charge in [0.15, 0.2) is 9.84 Å². The molecule has 0 bridgehead atoms. The number of nitrogens with two attached hydrogens (primary N) is 1. The first-order valence-electron chi connectivity index (χ1n) is 6.08. The molecule has 1 saturated carbocycles. The Morgan fingerprint density at radius 3 is 2.44 bits per heavy atom. The number of sulfone groups is 1. The highest BCUT2D eigenvalue weighted by Crippen LogP contribution is 2.32. The van der Waals surface area contributed by atoms with E-state index in [2.05, 4.69) is 11.8 Å². The molecule has 4 nitrogen and oxygen atoms in total. The number of likely N-dealkylation sites (tertiary alicyclic amines) is 1. The molecule has 1 heterocycles. The minimum atomic E-state index is -2.91. The van der Waals surface area contributed by atoms with Crippen molar-refractivity contribution in [2.75, 3.05) is 19.3 Å². The highest BCUT2D eigenvalue weighted by Gasteiger charge is 2.41. The normalized spacial score (nSPS) is 41.7. The zero-order valence-corrected chi connectivity index (χ0v) is 10.9. The predicted octanol–water partition coefficient (Wildman–Crippen LogP) is 0.231. The van der Waals surface area contributed by atoms with Gasteiger partial charge in [-0.1, -0.05) is 13.3 Å². The molecule has 1 saturated heterocycles. The highest BCUT2D eigenvalue weighted by atomic mass is 32.2. The Labute approximate surface area is 98.1 Å². The van der Waals surface area contributed by atoms with Crippen molar-refractivity contribution in [2.24, 2.45) is 11.7 Å². The fraction of sp³-hybridized carbons (Fsp3) is 1.00. The third-order valence-electron chi connectivity index (χ3n) is 4.14. The first kappa shape index (κ1) is 12.3. The lowest BCUT2D eigenvalue weighted by atomic mass is 10.1. The van der Waals surface area contributed by atoms with Crippen LogP contribution in [0.3, 0.4) is 0 Å². The van der Waals surface area contributed by atoms with Crippen molar-refractivity contribution in [2.45, 2.75) is 43.5 Å². The molecule has 94 valence electrons. The number of hydrogen-bond donors (Lipinski definition) is 1. The third kappa shape index (κ3) is 2.26. The Kier molecular flexibility index (Phi) is 3.29. The van der Waals surface area contributed by atoms with Crippen LogP contribution < -0.4 is 5.73 Å². The molecule has 0 aromatic carbocycles. The molecule has 16 heavy (non-hydrogen) atoms. The summed E-state index contributed by atoms with van der Waals surface area (Å²) < 4.78 is 23.4. The first-order chi connectivity index (χ1) is 7.39. The molecule has 4 unspecified atom stereocenters. The van der Waals surface area contributed by atoms with Gasteiger partial charge in [-0.25, -0.2) is 8.42 Å². The van der Waals surface area contributed by atoms with E-state index in [4.69, 9.17) is 5.73 Å². The highest BCUT2D eigenvalue weighted by molar-refractivity contribution is 7.91. The number of nitrogens with zero attached hydrogens (tertiary/aromatic N) is 1. The van der Waals surface area contributed by atoms with E-state index in [9.17, 15) is 8.42 Å². The monoisotopic (exact) mass is 246 g/mol. The number of rotatable bonds is 2. The third-order valence-corrected chi connectivity index (χ3v) is 5.79. The summed E-state index contributed by atoms with van der Waals surface area (Å²) in [5, 5.41) is -0.162. The maximum absolute atomic E-state index is 11.7. The van der Waals surface area contributed by atoms with Gasteiger partial charge in [-0.2, -0.15) is 0 Å². The lowest BCUT2D eigenvalue weighted by Crippen LogP contribution is -2.43. The second-order valence-corrected chi connectivity index (χ2v) is 7.73. The molecule has 2 N–H and O–H groups in total. The topological polar surface area (TPSA) is 63.4 Å². The van der Waals surface area contributed by atoms with E-state index in [1.807, 2.05) is 0 Å². The van der Waals surface area contributed by atoms with Gasteiger partial charge >= 0.3 is 0 Å². The lowest BCUT2D eigenvalue weighted by molar-refractivity contribution is 0.239. The zero-order valence-electron chi connectivity index (χ0n) is 10.1. The first-order valence-corrected chi connectivity index (χ1v) is 8.03. The molecule has 2 rings (SSSR count). The van der Waals surface area contributed by atoms with Crippen LogP contribution in [0.1, 0.15) is 26.2 Å². The Morgan fingerprint density at radius 2 is 1.94 bits per heavy atom. The predicted molar refractivity (Wildman–Crippen MR) is 65.0 cm³/mol. The molecule has 4 atom stereocenters. The van der Waals surface area contributed by atoms with E-state index in [1.165, 1.54) is 6.26 Å². The Bertz CT molecular complexity index is 345. The molecule has 0 radical (unpaired) electrons. The van der Waals surface area contributed by atoms with Crippen LogP contribution in [0.2, 0.25) is 0 Å². The van der Waals surface area contributed by atoms with Gasteiger partial charge in [0.2, 0.25) is 0 Å². The van der Waals surface area contributed by atoms with Gasteiger partial charge in [0, 0.05) is 31.4 Å². The van der Waals surface area contributed by atoms with E-state index in [0.717, 1.165) is 32.4 Å². The molecule has 1 aliphatic carbocycles. The molecule has 5 heteroatoms. The minimum Gasteiger partial charge on any atom is -0.326 e. The molecule has 0 aromatic rings. The van der Waals surface area contributed by atoms with E-state index in [0.29, 0.717) is 5.92 Å². The number of hydrogen-bond acceptors (Lipinski definition) is 4. The summed E-state index contributed by atoms with van der Waals surface area (Å²) in [6.45, 7) is 3.96. The van der Waals surface area contributed by atoms with Crippen LogP contribution in [0, 0.1) is 5.92 Å². The van der Waals surface area contributed by atoms with Crippen molar-refractivity contribution in [1.82, 2.24) is 4.90 Å². The van der Waals surface area contributed by atoms with Gasteiger partial charge in [-0.3, -0.25) is 4.90 Å². The van der Waals surface area contributed by atoms with Crippen LogP contribution in [0.15, 0.2) is 0 Å². The molecule has 1 aliphatic heterocycles. The Balaban J connectivity index is 2.10. The maximum Gasteiger partial charge on any atom is 0.151 e. The maximum atomic E-state index is 11.7. The Morgan fingerprint density at radius 1 is 1.25 bits per heavy atom. The van der Waals surface area contributed by atoms with Crippen LogP contribution in [0.4, 0.5) is 0 Å². The molecular weight excluding hydrogens is 224 g/mol. The van der Waals surface area contributed by atoms with Crippen molar-refractivity contribution in [1.29, 1.82) is 0 Å². The second kappa shape index (κ2) is 4.27. The van der Waals surface area contributed by atoms with E-state index < -0.39 is 9.84 Å². The smallest absolute Gasteiger partial charge is 0.151 e. The van der Waals surface area contributed by atoms with Gasteiger partial charge in [0.25, 0.3) is 0 Å². The molecule has 0 amide bonds. The van der Waals surface area contributed by atoms with Gasteiger partial charge in [0.05, 0.1) is 5.25 Å². The summed E-state index contributed by atoms with van der Waals surface area (Å²) in [4.78, 5) is 2.30. The summed E-state index contributed by atoms with van der Waals surface area (Å²) >= 11 is 0. The van der Waals surface area contributed by atoms with Crippen LogP contribution in [-0.2, 0) is 9.84 Å². The van der Waals surface area contributed by atoms with Gasteiger partial charge in [-0.15, -0.1) is 0 Å². The lowest BCUT2D eigenvalue weighted by Gasteiger charge is -2.28. The summed E-state index contributed by atoms with van der Waals surface area (Å²) in [6, 6.07) is 0.423. The minimum absolute atomic E-state index is 0.162. The average Bonchev–Trinajstić information content (AvgIpc) is 2.72. The van der Waals surface area contributed by atoms with Crippen molar-refractivity contribution < 1.29 is 8.42 Å². The molecule has 2 fully saturated rings. The van der Waals surface area contributed by atoms with Crippen LogP contribution in [-0.4, -0.2) is 50.0 Å². The van der Waals surface area contributed by atoms with E-state index >= 15 is 0 Å². The fourth-order valence-corrected chi connectivity index (χ4v) is 4.60. The van der Waals surface area contributed by atoms with Crippen molar-refractivity contribution in [3.05, 3.63) is 0 Å². The van der Waals surface area contributed by atoms with Crippen molar-refractivity contribution >= 4 is 9.84 Å². The quantitative estimate of drug-likeness (QED) is 0.757. The zero-order chi connectivity index (χ0) is 11.9. The SMILES string of the molecule is CC1CN(C2CCCC2S(C)(=O)=O)CC1N. The van der Waals surface area contributed by atoms with Crippen molar-refractivity contribution in [3.63, 3.8) is 0 Å². The molecule has 0 aromatic heterocycles. The van der Waals surface area contributed by atoms with Crippen LogP contribution in [0.25, 0.3) is 0 Å². The van der Waals surface area contributed by atoms with Crippen LogP contribution in [0.5, 0.6) is 0 Å². The van der Waals surface area contributed by atoms with Gasteiger partial charge in [0.1, 0.15) is 0 Å². The molecule has 0 spiro atoms. The van der Waals surface area contributed by atoms with Crippen molar-refractivity contribution in [3.8, 4) is 0 Å². The second-order valence-electron chi connectivity index (χ2n) is 5.46. The summed E-state index contributed by atoms with van der Waals surface area (Å²) in [7, 11) is -2.91. The van der Waals surface area contributed by atoms with Crippen LogP contribution >= 0.6 is 0 Å². The van der Waals surface area contributed by atoms with E-state index in [1.54, 1.807) is 0 Å². The fourth-order valence-electron chi connectivity index (χ4n) is 3.12. The molecular formula is C11H22N2O2S. The van der Waals surface area contributed by atoms with Gasteiger partial charge in [-0.05, 0) is 18.8 Å². The van der Waals surface area contributed by atoms with Gasteiger partial charge < -0.3 is 5.73 Å². The standard InChI is InChI=1S/C11H22N2O2S/c1-8-6-13(7-9(8)12)10-4-3-5-11(10)16(2,14)15/h8-11H,3-7,12H2,1-2H3. The summed E-state index contributed by atoms with van der Waals surface area (Å²) in [5.74, 6) is 0.487. The molecule has 2 aliphatic rings. The summed E-state index contributed by atoms with van der Waals surface area (Å²) in [5.41, 5.74) is 6.00. The Hall–Kier alpha value is -0.130. The largest absolute Gasteiger partial charge is 0.326 e.